The van der Waals surface area contributed by atoms with Crippen molar-refractivity contribution >= 4 is 11.9 Å². The average molecular weight is 291 g/mol. The van der Waals surface area contributed by atoms with Crippen molar-refractivity contribution in [3.05, 3.63) is 29.8 Å². The highest BCUT2D eigenvalue weighted by Crippen LogP contribution is 2.18. The number of carbonyl (C=O) groups excluding carboxylic acids is 2. The second kappa shape index (κ2) is 7.67. The molecule has 1 aliphatic heterocycles. The van der Waals surface area contributed by atoms with E-state index in [-0.39, 0.29) is 25.0 Å². The second-order valence-corrected chi connectivity index (χ2v) is 5.10. The third-order valence-electron chi connectivity index (χ3n) is 3.57. The highest BCUT2D eigenvalue weighted by atomic mass is 16.5. The fraction of sp³-hybridized carbons (Fsp3) is 0.500. The number of carbonyl (C=O) groups is 2. The molecule has 1 aromatic carbocycles. The van der Waals surface area contributed by atoms with Crippen molar-refractivity contribution in [1.29, 1.82) is 0 Å². The summed E-state index contributed by atoms with van der Waals surface area (Å²) < 4.78 is 10.5. The van der Waals surface area contributed by atoms with Gasteiger partial charge in [-0.15, -0.1) is 0 Å². The van der Waals surface area contributed by atoms with E-state index in [1.165, 1.54) is 0 Å². The van der Waals surface area contributed by atoms with E-state index in [0.29, 0.717) is 18.7 Å². The first-order valence-corrected chi connectivity index (χ1v) is 7.26. The summed E-state index contributed by atoms with van der Waals surface area (Å²) in [4.78, 5) is 25.3. The number of ether oxygens (including phenoxy) is 2. The van der Waals surface area contributed by atoms with Crippen molar-refractivity contribution in [1.82, 2.24) is 4.90 Å². The van der Waals surface area contributed by atoms with Crippen LogP contribution in [0, 0.1) is 0 Å². The van der Waals surface area contributed by atoms with Gasteiger partial charge in [0.15, 0.2) is 0 Å². The van der Waals surface area contributed by atoms with Gasteiger partial charge in [0.2, 0.25) is 5.91 Å². The van der Waals surface area contributed by atoms with Gasteiger partial charge in [0.05, 0.1) is 7.11 Å². The predicted molar refractivity (Wildman–Crippen MR) is 77.8 cm³/mol. The van der Waals surface area contributed by atoms with Crippen LogP contribution in [-0.4, -0.2) is 37.0 Å². The van der Waals surface area contributed by atoms with Gasteiger partial charge in [-0.25, -0.2) is 0 Å². The zero-order valence-corrected chi connectivity index (χ0v) is 12.3. The quantitative estimate of drug-likeness (QED) is 0.780. The van der Waals surface area contributed by atoms with Crippen molar-refractivity contribution in [2.75, 3.05) is 20.2 Å². The highest BCUT2D eigenvalue weighted by Gasteiger charge is 2.20. The van der Waals surface area contributed by atoms with Crippen LogP contribution in [0.2, 0.25) is 0 Å². The molecule has 2 rings (SSSR count). The van der Waals surface area contributed by atoms with Gasteiger partial charge >= 0.3 is 5.97 Å². The molecule has 1 heterocycles. The first kappa shape index (κ1) is 15.4. The van der Waals surface area contributed by atoms with Crippen LogP contribution in [-0.2, 0) is 20.9 Å². The van der Waals surface area contributed by atoms with E-state index in [4.69, 9.17) is 9.47 Å². The molecular formula is C16H21NO4. The molecule has 21 heavy (non-hydrogen) atoms. The molecule has 1 saturated heterocycles. The minimum Gasteiger partial charge on any atom is -0.496 e. The summed E-state index contributed by atoms with van der Waals surface area (Å²) in [5.74, 6) is 0.356. The molecule has 5 heteroatoms. The summed E-state index contributed by atoms with van der Waals surface area (Å²) in [6.45, 7) is 0.835. The van der Waals surface area contributed by atoms with E-state index in [1.807, 2.05) is 24.3 Å². The fourth-order valence-electron chi connectivity index (χ4n) is 2.39. The molecule has 0 atom stereocenters. The summed E-state index contributed by atoms with van der Waals surface area (Å²) in [5.41, 5.74) is 0.815. The Kier molecular flexibility index (Phi) is 5.60. The SMILES string of the molecule is COc1ccccc1COC(=O)CN1CCCCCC1=O. The normalized spacial score (nSPS) is 15.5. The number of esters is 1. The van der Waals surface area contributed by atoms with Crippen LogP contribution in [0.4, 0.5) is 0 Å². The number of para-hydroxylation sites is 1. The summed E-state index contributed by atoms with van der Waals surface area (Å²) in [7, 11) is 1.58. The van der Waals surface area contributed by atoms with Gasteiger partial charge in [-0.1, -0.05) is 24.6 Å². The lowest BCUT2D eigenvalue weighted by atomic mass is 10.2. The van der Waals surface area contributed by atoms with Crippen molar-refractivity contribution in [2.45, 2.75) is 32.3 Å². The molecule has 5 nitrogen and oxygen atoms in total. The van der Waals surface area contributed by atoms with Crippen LogP contribution in [0.1, 0.15) is 31.2 Å². The Labute approximate surface area is 124 Å². The van der Waals surface area contributed by atoms with Gasteiger partial charge in [-0.3, -0.25) is 9.59 Å². The van der Waals surface area contributed by atoms with Crippen LogP contribution >= 0.6 is 0 Å². The van der Waals surface area contributed by atoms with Crippen LogP contribution in [0.25, 0.3) is 0 Å². The summed E-state index contributed by atoms with van der Waals surface area (Å²) in [5, 5.41) is 0. The molecule has 1 amide bonds. The molecule has 0 unspecified atom stereocenters. The molecule has 1 fully saturated rings. The van der Waals surface area contributed by atoms with Crippen molar-refractivity contribution in [3.63, 3.8) is 0 Å². The summed E-state index contributed by atoms with van der Waals surface area (Å²) in [6.07, 6.45) is 3.43. The number of rotatable bonds is 5. The molecule has 0 saturated carbocycles. The van der Waals surface area contributed by atoms with Gasteiger partial charge in [0, 0.05) is 18.5 Å². The Morgan fingerprint density at radius 1 is 1.24 bits per heavy atom. The first-order chi connectivity index (χ1) is 10.2. The molecule has 114 valence electrons. The Morgan fingerprint density at radius 2 is 2.05 bits per heavy atom. The third kappa shape index (κ3) is 4.48. The number of hydrogen-bond acceptors (Lipinski definition) is 4. The number of benzene rings is 1. The van der Waals surface area contributed by atoms with E-state index in [0.717, 1.165) is 24.8 Å². The molecule has 1 aliphatic rings. The Bertz CT molecular complexity index is 501. The highest BCUT2D eigenvalue weighted by molar-refractivity contribution is 5.82. The number of hydrogen-bond donors (Lipinski definition) is 0. The minimum absolute atomic E-state index is 0.0357. The lowest BCUT2D eigenvalue weighted by Crippen LogP contribution is -2.35. The number of nitrogens with zero attached hydrogens (tertiary/aromatic N) is 1. The van der Waals surface area contributed by atoms with Crippen LogP contribution in [0.3, 0.4) is 0 Å². The maximum Gasteiger partial charge on any atom is 0.325 e. The standard InChI is InChI=1S/C16H21NO4/c1-20-14-8-5-4-7-13(14)12-21-16(19)11-17-10-6-2-3-9-15(17)18/h4-5,7-8H,2-3,6,9-12H2,1H3. The Balaban J connectivity index is 1.85. The van der Waals surface area contributed by atoms with Crippen LogP contribution in [0.5, 0.6) is 5.75 Å². The summed E-state index contributed by atoms with van der Waals surface area (Å²) in [6, 6.07) is 7.40. The predicted octanol–water partition coefficient (Wildman–Crippen LogP) is 2.14. The maximum atomic E-state index is 11.9. The molecule has 0 aromatic heterocycles. The van der Waals surface area contributed by atoms with Gasteiger partial charge in [-0.2, -0.15) is 0 Å². The van der Waals surface area contributed by atoms with Crippen molar-refractivity contribution < 1.29 is 19.1 Å². The average Bonchev–Trinajstić information content (AvgIpc) is 2.70. The van der Waals surface area contributed by atoms with Gasteiger partial charge in [-0.05, 0) is 18.9 Å². The largest absolute Gasteiger partial charge is 0.496 e. The van der Waals surface area contributed by atoms with Crippen molar-refractivity contribution in [3.8, 4) is 5.75 Å². The second-order valence-electron chi connectivity index (χ2n) is 5.10. The van der Waals surface area contributed by atoms with Gasteiger partial charge in [0.1, 0.15) is 18.9 Å². The maximum absolute atomic E-state index is 11.9. The third-order valence-corrected chi connectivity index (χ3v) is 3.57. The Hall–Kier alpha value is -2.04. The molecule has 0 spiro atoms. The first-order valence-electron chi connectivity index (χ1n) is 7.26. The Morgan fingerprint density at radius 3 is 2.86 bits per heavy atom. The molecule has 0 bridgehead atoms. The van der Waals surface area contributed by atoms with E-state index < -0.39 is 0 Å². The molecule has 0 radical (unpaired) electrons. The number of amides is 1. The fourth-order valence-corrected chi connectivity index (χ4v) is 2.39. The van der Waals surface area contributed by atoms with Gasteiger partial charge < -0.3 is 14.4 Å². The van der Waals surface area contributed by atoms with Crippen molar-refractivity contribution in [2.24, 2.45) is 0 Å². The molecule has 0 N–H and O–H groups in total. The van der Waals surface area contributed by atoms with E-state index in [2.05, 4.69) is 0 Å². The zero-order valence-electron chi connectivity index (χ0n) is 12.3. The molecular weight excluding hydrogens is 270 g/mol. The minimum atomic E-state index is -0.379. The van der Waals surface area contributed by atoms with Gasteiger partial charge in [0.25, 0.3) is 0 Å². The van der Waals surface area contributed by atoms with E-state index >= 15 is 0 Å². The van der Waals surface area contributed by atoms with E-state index in [1.54, 1.807) is 12.0 Å². The number of methoxy groups -OCH3 is 1. The monoisotopic (exact) mass is 291 g/mol. The van der Waals surface area contributed by atoms with Crippen LogP contribution in [0.15, 0.2) is 24.3 Å². The van der Waals surface area contributed by atoms with E-state index in [9.17, 15) is 9.59 Å². The smallest absolute Gasteiger partial charge is 0.325 e. The molecule has 0 aliphatic carbocycles. The van der Waals surface area contributed by atoms with Crippen LogP contribution < -0.4 is 4.74 Å². The molecule has 1 aromatic rings. The zero-order chi connectivity index (χ0) is 15.1. The summed E-state index contributed by atoms with van der Waals surface area (Å²) >= 11 is 0. The lowest BCUT2D eigenvalue weighted by Gasteiger charge is -2.19. The lowest BCUT2D eigenvalue weighted by molar-refractivity contribution is -0.150. The number of likely N-dealkylation sites (tertiary alicyclic amines) is 1. The topological polar surface area (TPSA) is 55.8 Å².